The monoisotopic (exact) mass is 389 g/mol. The molecule has 2 amide bonds. The molecule has 1 aromatic heterocycles. The highest BCUT2D eigenvalue weighted by atomic mass is 32.2. The van der Waals surface area contributed by atoms with E-state index in [0.717, 1.165) is 18.4 Å². The number of hydrogen-bond donors (Lipinski definition) is 1. The molecule has 0 bridgehead atoms. The van der Waals surface area contributed by atoms with E-state index >= 15 is 0 Å². The van der Waals surface area contributed by atoms with E-state index in [-0.39, 0.29) is 18.7 Å². The van der Waals surface area contributed by atoms with Gasteiger partial charge in [-0.05, 0) is 28.8 Å². The van der Waals surface area contributed by atoms with Crippen LogP contribution in [-0.4, -0.2) is 68.8 Å². The summed E-state index contributed by atoms with van der Waals surface area (Å²) < 4.78 is 30.3. The van der Waals surface area contributed by atoms with Crippen LogP contribution in [0.5, 0.6) is 0 Å². The van der Waals surface area contributed by atoms with Crippen molar-refractivity contribution in [1.29, 1.82) is 0 Å². The number of ether oxygens (including phenoxy) is 1. The molecule has 2 heterocycles. The zero-order valence-corrected chi connectivity index (χ0v) is 16.4. The predicted molar refractivity (Wildman–Crippen MR) is 99.2 cm³/mol. The zero-order valence-electron chi connectivity index (χ0n) is 14.8. The smallest absolute Gasteiger partial charge is 0.317 e. The summed E-state index contributed by atoms with van der Waals surface area (Å²) in [5.74, 6) is 0. The highest BCUT2D eigenvalue weighted by Gasteiger charge is 2.27. The van der Waals surface area contributed by atoms with Crippen LogP contribution in [0.2, 0.25) is 0 Å². The lowest BCUT2D eigenvalue weighted by Gasteiger charge is -2.32. The van der Waals surface area contributed by atoms with Crippen LogP contribution in [-0.2, 0) is 21.3 Å². The summed E-state index contributed by atoms with van der Waals surface area (Å²) >= 11 is 1.61. The highest BCUT2D eigenvalue weighted by Crippen LogP contribution is 2.11. The van der Waals surface area contributed by atoms with Crippen LogP contribution in [0.4, 0.5) is 4.79 Å². The number of rotatable bonds is 8. The molecule has 1 saturated heterocycles. The molecule has 9 heteroatoms. The van der Waals surface area contributed by atoms with Gasteiger partial charge in [-0.2, -0.15) is 15.6 Å². The minimum Gasteiger partial charge on any atom is -0.374 e. The summed E-state index contributed by atoms with van der Waals surface area (Å²) in [6, 6.07) is 1.88. The minimum absolute atomic E-state index is 0.139. The van der Waals surface area contributed by atoms with Gasteiger partial charge in [0, 0.05) is 32.7 Å². The van der Waals surface area contributed by atoms with E-state index in [1.54, 1.807) is 16.2 Å². The van der Waals surface area contributed by atoms with E-state index in [0.29, 0.717) is 32.8 Å². The van der Waals surface area contributed by atoms with Gasteiger partial charge in [-0.25, -0.2) is 13.2 Å². The first-order valence-corrected chi connectivity index (χ1v) is 11.3. The third kappa shape index (κ3) is 6.58. The Morgan fingerprint density at radius 3 is 2.96 bits per heavy atom. The molecule has 1 N–H and O–H groups in total. The maximum atomic E-state index is 12.5. The molecule has 0 unspecified atom stereocenters. The van der Waals surface area contributed by atoms with Crippen LogP contribution in [0.3, 0.4) is 0 Å². The second kappa shape index (κ2) is 9.51. The molecule has 2 rings (SSSR count). The number of hydrogen-bond acceptors (Lipinski definition) is 5. The zero-order chi connectivity index (χ0) is 18.3. The summed E-state index contributed by atoms with van der Waals surface area (Å²) in [5.41, 5.74) is 1.12. The number of unbranched alkanes of at least 4 members (excludes halogenated alkanes) is 1. The number of sulfonamides is 1. The van der Waals surface area contributed by atoms with Crippen molar-refractivity contribution in [3.8, 4) is 0 Å². The van der Waals surface area contributed by atoms with Crippen molar-refractivity contribution in [2.24, 2.45) is 0 Å². The maximum Gasteiger partial charge on any atom is 0.317 e. The van der Waals surface area contributed by atoms with Gasteiger partial charge in [-0.3, -0.25) is 0 Å². The van der Waals surface area contributed by atoms with Gasteiger partial charge in [0.05, 0.1) is 19.0 Å². The van der Waals surface area contributed by atoms with Crippen LogP contribution in [0.25, 0.3) is 0 Å². The van der Waals surface area contributed by atoms with Gasteiger partial charge >= 0.3 is 6.03 Å². The molecule has 1 aromatic rings. The third-order valence-corrected chi connectivity index (χ3v) is 6.08. The normalized spacial score (nSPS) is 18.9. The number of carbonyl (C=O) groups is 1. The summed E-state index contributed by atoms with van der Waals surface area (Å²) in [6.07, 6.45) is 2.84. The molecule has 1 fully saturated rings. The van der Waals surface area contributed by atoms with Gasteiger partial charge in [-0.1, -0.05) is 13.3 Å². The molecule has 0 saturated carbocycles. The van der Waals surface area contributed by atoms with Gasteiger partial charge in [0.2, 0.25) is 10.0 Å². The summed E-state index contributed by atoms with van der Waals surface area (Å²) in [6.45, 7) is 4.66. The van der Waals surface area contributed by atoms with Crippen molar-refractivity contribution in [3.05, 3.63) is 22.4 Å². The Morgan fingerprint density at radius 1 is 1.52 bits per heavy atom. The van der Waals surface area contributed by atoms with Gasteiger partial charge < -0.3 is 15.0 Å². The quantitative estimate of drug-likeness (QED) is 0.734. The summed E-state index contributed by atoms with van der Waals surface area (Å²) in [5, 5.41) is 6.93. The minimum atomic E-state index is -3.23. The second-order valence-corrected chi connectivity index (χ2v) is 8.97. The van der Waals surface area contributed by atoms with Gasteiger partial charge in [0.25, 0.3) is 0 Å². The fraction of sp³-hybridized carbons (Fsp3) is 0.688. The number of nitrogens with one attached hydrogen (secondary N) is 1. The number of carbonyl (C=O) groups excluding carboxylic acids is 1. The molecule has 1 aliphatic heterocycles. The topological polar surface area (TPSA) is 79.0 Å². The lowest BCUT2D eigenvalue weighted by atomic mass is 10.2. The van der Waals surface area contributed by atoms with Crippen molar-refractivity contribution in [2.75, 3.05) is 39.0 Å². The molecular weight excluding hydrogens is 362 g/mol. The van der Waals surface area contributed by atoms with E-state index in [1.807, 2.05) is 16.8 Å². The van der Waals surface area contributed by atoms with E-state index in [2.05, 4.69) is 12.2 Å². The Hall–Kier alpha value is -1.16. The number of urea groups is 1. The van der Waals surface area contributed by atoms with Crippen molar-refractivity contribution in [2.45, 2.75) is 32.4 Å². The number of nitrogens with zero attached hydrogens (tertiary/aromatic N) is 2. The van der Waals surface area contributed by atoms with Crippen molar-refractivity contribution >= 4 is 27.4 Å². The summed E-state index contributed by atoms with van der Waals surface area (Å²) in [7, 11) is -3.23. The lowest BCUT2D eigenvalue weighted by molar-refractivity contribution is 0.000855. The molecule has 1 aliphatic rings. The van der Waals surface area contributed by atoms with Crippen LogP contribution in [0.15, 0.2) is 16.8 Å². The van der Waals surface area contributed by atoms with Crippen LogP contribution >= 0.6 is 11.3 Å². The average molecular weight is 390 g/mol. The van der Waals surface area contributed by atoms with Crippen molar-refractivity contribution in [1.82, 2.24) is 14.5 Å². The molecule has 7 nitrogen and oxygen atoms in total. The average Bonchev–Trinajstić information content (AvgIpc) is 3.09. The molecule has 0 aromatic carbocycles. The Balaban J connectivity index is 1.87. The molecule has 0 aliphatic carbocycles. The van der Waals surface area contributed by atoms with Crippen LogP contribution in [0.1, 0.15) is 25.3 Å². The highest BCUT2D eigenvalue weighted by molar-refractivity contribution is 7.88. The van der Waals surface area contributed by atoms with Gasteiger partial charge in [0.15, 0.2) is 0 Å². The first-order valence-electron chi connectivity index (χ1n) is 8.50. The lowest BCUT2D eigenvalue weighted by Crippen LogP contribution is -2.51. The largest absolute Gasteiger partial charge is 0.374 e. The van der Waals surface area contributed by atoms with Crippen LogP contribution < -0.4 is 5.32 Å². The van der Waals surface area contributed by atoms with Crippen molar-refractivity contribution in [3.63, 3.8) is 0 Å². The maximum absolute atomic E-state index is 12.5. The van der Waals surface area contributed by atoms with Crippen molar-refractivity contribution < 1.29 is 17.9 Å². The SMILES string of the molecule is CCCCN(Cc1ccsc1)C(=O)NC[C@@H]1CN(S(C)(=O)=O)CCO1. The standard InChI is InChI=1S/C16H27N3O4S2/c1-3-4-6-18(11-14-5-9-24-13-14)16(20)17-10-15-12-19(7-8-23-15)25(2,21)22/h5,9,13,15H,3-4,6-8,10-12H2,1-2H3,(H,17,20)/t15-/m1/s1. The Morgan fingerprint density at radius 2 is 2.32 bits per heavy atom. The number of thiophene rings is 1. The van der Waals surface area contributed by atoms with E-state index in [9.17, 15) is 13.2 Å². The third-order valence-electron chi connectivity index (χ3n) is 4.07. The Kier molecular flexibility index (Phi) is 7.67. The predicted octanol–water partition coefficient (Wildman–Crippen LogP) is 1.72. The fourth-order valence-corrected chi connectivity index (χ4v) is 4.14. The summed E-state index contributed by atoms with van der Waals surface area (Å²) in [4.78, 5) is 14.3. The number of morpholine rings is 1. The van der Waals surface area contributed by atoms with E-state index in [4.69, 9.17) is 4.74 Å². The number of amides is 2. The Bertz CT molecular complexity index is 634. The molecule has 0 radical (unpaired) electrons. The van der Waals surface area contributed by atoms with Gasteiger partial charge in [0.1, 0.15) is 0 Å². The van der Waals surface area contributed by atoms with E-state index < -0.39 is 10.0 Å². The van der Waals surface area contributed by atoms with Crippen LogP contribution in [0, 0.1) is 0 Å². The van der Waals surface area contributed by atoms with Gasteiger partial charge in [-0.15, -0.1) is 0 Å². The van der Waals surface area contributed by atoms with E-state index in [1.165, 1.54) is 10.6 Å². The fourth-order valence-electron chi connectivity index (χ4n) is 2.63. The second-order valence-electron chi connectivity index (χ2n) is 6.21. The molecule has 142 valence electrons. The molecule has 0 spiro atoms. The Labute approximate surface area is 154 Å². The molecule has 25 heavy (non-hydrogen) atoms. The molecular formula is C16H27N3O4S2. The first kappa shape index (κ1) is 20.2. The molecule has 1 atom stereocenters. The first-order chi connectivity index (χ1) is 11.9.